The van der Waals surface area contributed by atoms with E-state index in [0.717, 1.165) is 17.6 Å². The van der Waals surface area contributed by atoms with E-state index < -0.39 is 0 Å². The highest BCUT2D eigenvalue weighted by molar-refractivity contribution is 5.77. The molecule has 0 spiro atoms. The average Bonchev–Trinajstić information content (AvgIpc) is 3.17. The molecule has 1 aromatic rings. The van der Waals surface area contributed by atoms with Gasteiger partial charge in [-0.3, -0.25) is 4.79 Å². The van der Waals surface area contributed by atoms with Crippen LogP contribution < -0.4 is 14.8 Å². The molecule has 0 aliphatic heterocycles. The van der Waals surface area contributed by atoms with Gasteiger partial charge in [0.2, 0.25) is 0 Å². The van der Waals surface area contributed by atoms with Crippen LogP contribution in [0.1, 0.15) is 39.5 Å². The molecule has 0 unspecified atom stereocenters. The van der Waals surface area contributed by atoms with Gasteiger partial charge in [-0.25, -0.2) is 0 Å². The van der Waals surface area contributed by atoms with Gasteiger partial charge in [0.1, 0.15) is 11.5 Å². The summed E-state index contributed by atoms with van der Waals surface area (Å²) >= 11 is 0. The van der Waals surface area contributed by atoms with Crippen molar-refractivity contribution in [1.29, 1.82) is 0 Å². The molecule has 0 radical (unpaired) electrons. The number of benzene rings is 1. The molecule has 2 aliphatic carbocycles. The number of fused-ring (bicyclic) bond motifs is 2. The molecule has 2 aliphatic rings. The minimum atomic E-state index is -0.0332. The van der Waals surface area contributed by atoms with Crippen molar-refractivity contribution in [3.05, 3.63) is 24.3 Å². The Hall–Kier alpha value is -1.71. The summed E-state index contributed by atoms with van der Waals surface area (Å²) in [5.74, 6) is 3.86. The smallest absolute Gasteiger partial charge is 0.258 e. The summed E-state index contributed by atoms with van der Waals surface area (Å²) in [4.78, 5) is 12.1. The second-order valence-electron chi connectivity index (χ2n) is 6.89. The number of hydrogen-bond acceptors (Lipinski definition) is 3. The Bertz CT molecular complexity index is 528. The summed E-state index contributed by atoms with van der Waals surface area (Å²) in [7, 11) is 0. The summed E-state index contributed by atoms with van der Waals surface area (Å²) in [5, 5.41) is 3.12. The molecule has 4 heteroatoms. The Morgan fingerprint density at radius 3 is 2.43 bits per heavy atom. The Labute approximate surface area is 138 Å². The van der Waals surface area contributed by atoms with Crippen LogP contribution in [-0.4, -0.2) is 25.2 Å². The third kappa shape index (κ3) is 3.98. The molecule has 23 heavy (non-hydrogen) atoms. The number of carbonyl (C=O) groups excluding carboxylic acids is 1. The SMILES string of the molecule is CCOc1ccc(OCC(=O)N[C@H](C)[C@H]2C[C@H]3CC[C@H]2C3)cc1. The second-order valence-corrected chi connectivity index (χ2v) is 6.89. The van der Waals surface area contributed by atoms with E-state index in [1.54, 1.807) is 0 Å². The summed E-state index contributed by atoms with van der Waals surface area (Å²) in [6.45, 7) is 4.80. The van der Waals surface area contributed by atoms with Crippen LogP contribution in [0.15, 0.2) is 24.3 Å². The van der Waals surface area contributed by atoms with Gasteiger partial charge in [-0.15, -0.1) is 0 Å². The standard InChI is InChI=1S/C19H27NO3/c1-3-22-16-6-8-17(9-7-16)23-12-19(21)20-13(2)18-11-14-4-5-15(18)10-14/h6-9,13-15,18H,3-5,10-12H2,1-2H3,(H,20,21)/t13-,14+,15+,18-/m1/s1. The minimum absolute atomic E-state index is 0.0332. The van der Waals surface area contributed by atoms with Gasteiger partial charge in [0, 0.05) is 6.04 Å². The molecule has 4 atom stereocenters. The minimum Gasteiger partial charge on any atom is -0.494 e. The summed E-state index contributed by atoms with van der Waals surface area (Å²) < 4.78 is 10.9. The van der Waals surface area contributed by atoms with Crippen molar-refractivity contribution in [2.75, 3.05) is 13.2 Å². The van der Waals surface area contributed by atoms with Crippen LogP contribution in [-0.2, 0) is 4.79 Å². The molecule has 2 bridgehead atoms. The molecule has 2 saturated carbocycles. The summed E-state index contributed by atoms with van der Waals surface area (Å²) in [5.41, 5.74) is 0. The van der Waals surface area contributed by atoms with Gasteiger partial charge < -0.3 is 14.8 Å². The lowest BCUT2D eigenvalue weighted by Gasteiger charge is -2.28. The summed E-state index contributed by atoms with van der Waals surface area (Å²) in [6.07, 6.45) is 5.39. The third-order valence-corrected chi connectivity index (χ3v) is 5.33. The van der Waals surface area contributed by atoms with Crippen LogP contribution in [0.25, 0.3) is 0 Å². The predicted molar refractivity (Wildman–Crippen MR) is 89.6 cm³/mol. The highest BCUT2D eigenvalue weighted by atomic mass is 16.5. The van der Waals surface area contributed by atoms with Crippen LogP contribution >= 0.6 is 0 Å². The number of ether oxygens (including phenoxy) is 2. The first kappa shape index (κ1) is 16.2. The van der Waals surface area contributed by atoms with Gasteiger partial charge in [0.25, 0.3) is 5.91 Å². The Kier molecular flexibility index (Phi) is 5.09. The third-order valence-electron chi connectivity index (χ3n) is 5.33. The average molecular weight is 317 g/mol. The fourth-order valence-electron chi connectivity index (χ4n) is 4.26. The molecular weight excluding hydrogens is 290 g/mol. The number of carbonyl (C=O) groups is 1. The van der Waals surface area contributed by atoms with E-state index in [-0.39, 0.29) is 18.6 Å². The fourth-order valence-corrected chi connectivity index (χ4v) is 4.26. The normalized spacial score (nSPS) is 26.8. The van der Waals surface area contributed by atoms with Crippen LogP contribution in [0.5, 0.6) is 11.5 Å². The van der Waals surface area contributed by atoms with Crippen molar-refractivity contribution in [3.8, 4) is 11.5 Å². The molecule has 126 valence electrons. The Morgan fingerprint density at radius 2 is 1.87 bits per heavy atom. The fraction of sp³-hybridized carbons (Fsp3) is 0.632. The molecule has 0 aromatic heterocycles. The molecule has 2 fully saturated rings. The van der Waals surface area contributed by atoms with Crippen LogP contribution in [0, 0.1) is 17.8 Å². The van der Waals surface area contributed by atoms with Crippen molar-refractivity contribution in [2.45, 2.75) is 45.6 Å². The molecule has 4 nitrogen and oxygen atoms in total. The van der Waals surface area contributed by atoms with Gasteiger partial charge in [-0.05, 0) is 75.1 Å². The zero-order valence-electron chi connectivity index (χ0n) is 14.1. The maximum atomic E-state index is 12.1. The van der Waals surface area contributed by atoms with Crippen molar-refractivity contribution in [3.63, 3.8) is 0 Å². The van der Waals surface area contributed by atoms with Gasteiger partial charge in [-0.2, -0.15) is 0 Å². The van der Waals surface area contributed by atoms with E-state index in [2.05, 4.69) is 12.2 Å². The number of rotatable bonds is 7. The topological polar surface area (TPSA) is 47.6 Å². The van der Waals surface area contributed by atoms with Gasteiger partial charge in [0.05, 0.1) is 6.61 Å². The summed E-state index contributed by atoms with van der Waals surface area (Å²) in [6, 6.07) is 7.63. The van der Waals surface area contributed by atoms with Gasteiger partial charge >= 0.3 is 0 Å². The number of amides is 1. The first-order valence-electron chi connectivity index (χ1n) is 8.80. The quantitative estimate of drug-likeness (QED) is 0.838. The van der Waals surface area contributed by atoms with E-state index in [1.807, 2.05) is 31.2 Å². The van der Waals surface area contributed by atoms with E-state index >= 15 is 0 Å². The largest absolute Gasteiger partial charge is 0.494 e. The maximum absolute atomic E-state index is 12.1. The number of nitrogens with one attached hydrogen (secondary N) is 1. The second kappa shape index (κ2) is 7.24. The van der Waals surface area contributed by atoms with Crippen LogP contribution in [0.3, 0.4) is 0 Å². The lowest BCUT2D eigenvalue weighted by atomic mass is 9.84. The zero-order chi connectivity index (χ0) is 16.2. The lowest BCUT2D eigenvalue weighted by molar-refractivity contribution is -0.124. The predicted octanol–water partition coefficient (Wildman–Crippen LogP) is 3.41. The Morgan fingerprint density at radius 1 is 1.17 bits per heavy atom. The zero-order valence-corrected chi connectivity index (χ0v) is 14.1. The molecule has 0 heterocycles. The maximum Gasteiger partial charge on any atom is 0.258 e. The van der Waals surface area contributed by atoms with Crippen molar-refractivity contribution in [2.24, 2.45) is 17.8 Å². The Balaban J connectivity index is 1.42. The molecule has 0 saturated heterocycles. The van der Waals surface area contributed by atoms with E-state index in [4.69, 9.17) is 9.47 Å². The molecule has 1 N–H and O–H groups in total. The first-order chi connectivity index (χ1) is 11.2. The van der Waals surface area contributed by atoms with Crippen LogP contribution in [0.4, 0.5) is 0 Å². The van der Waals surface area contributed by atoms with Crippen molar-refractivity contribution < 1.29 is 14.3 Å². The van der Waals surface area contributed by atoms with E-state index in [9.17, 15) is 4.79 Å². The van der Waals surface area contributed by atoms with Crippen molar-refractivity contribution >= 4 is 5.91 Å². The molecule has 3 rings (SSSR count). The monoisotopic (exact) mass is 317 g/mol. The van der Waals surface area contributed by atoms with E-state index in [1.165, 1.54) is 25.7 Å². The van der Waals surface area contributed by atoms with Crippen molar-refractivity contribution in [1.82, 2.24) is 5.32 Å². The highest BCUT2D eigenvalue weighted by Crippen LogP contribution is 2.49. The lowest BCUT2D eigenvalue weighted by Crippen LogP contribution is -2.42. The molecule has 1 amide bonds. The molecule has 1 aromatic carbocycles. The molecular formula is C19H27NO3. The highest BCUT2D eigenvalue weighted by Gasteiger charge is 2.42. The first-order valence-corrected chi connectivity index (χ1v) is 8.80. The van der Waals surface area contributed by atoms with Gasteiger partial charge in [-0.1, -0.05) is 6.42 Å². The van der Waals surface area contributed by atoms with Crippen LogP contribution in [0.2, 0.25) is 0 Å². The van der Waals surface area contributed by atoms with Gasteiger partial charge in [0.15, 0.2) is 6.61 Å². The van der Waals surface area contributed by atoms with E-state index in [0.29, 0.717) is 18.3 Å². The number of hydrogen-bond donors (Lipinski definition) is 1.